The number of amides is 2. The van der Waals surface area contributed by atoms with Gasteiger partial charge in [0.2, 0.25) is 0 Å². The molecule has 114 valence electrons. The predicted octanol–water partition coefficient (Wildman–Crippen LogP) is 3.76. The maximum Gasteiger partial charge on any atom is 0.324 e. The van der Waals surface area contributed by atoms with Gasteiger partial charge in [-0.05, 0) is 19.1 Å². The Kier molecular flexibility index (Phi) is 5.44. The molecule has 1 atom stereocenters. The molecule has 0 radical (unpaired) electrons. The summed E-state index contributed by atoms with van der Waals surface area (Å²) in [6.07, 6.45) is 0.456. The number of para-hydroxylation sites is 1. The highest BCUT2D eigenvalue weighted by atomic mass is 32.2. The van der Waals surface area contributed by atoms with E-state index in [9.17, 15) is 4.79 Å². The Labute approximate surface area is 133 Å². The van der Waals surface area contributed by atoms with Crippen molar-refractivity contribution in [2.24, 2.45) is 0 Å². The number of nitrogens with one attached hydrogen (secondary N) is 3. The normalized spacial score (nSPS) is 11.5. The Bertz CT molecular complexity index is 691. The first kappa shape index (κ1) is 15.9. The van der Waals surface area contributed by atoms with Gasteiger partial charge in [0.05, 0.1) is 11.8 Å². The molecule has 2 amide bonds. The standard InChI is InChI=1S/C15H17N5OS/c1-10-9-14(20-19-10)18-15(21)17-12-5-3-4-6-13(12)22-11(2)7-8-16/h3-6,9,11H,7H2,1-2H3,(H3,17,18,19,20,21)/t11-/m0/s1. The second-order valence-corrected chi connectivity index (χ2v) is 6.28. The Morgan fingerprint density at radius 3 is 2.91 bits per heavy atom. The number of H-pyrrole nitrogens is 1. The van der Waals surface area contributed by atoms with Gasteiger partial charge >= 0.3 is 6.03 Å². The zero-order valence-corrected chi connectivity index (χ0v) is 13.2. The average molecular weight is 315 g/mol. The third-order valence-corrected chi connectivity index (χ3v) is 3.97. The summed E-state index contributed by atoms with van der Waals surface area (Å²) in [5, 5.41) is 21.1. The molecule has 0 aliphatic heterocycles. The Balaban J connectivity index is 2.02. The van der Waals surface area contributed by atoms with Crippen LogP contribution in [-0.4, -0.2) is 21.5 Å². The lowest BCUT2D eigenvalue weighted by Gasteiger charge is -2.13. The maximum atomic E-state index is 12.0. The molecule has 0 spiro atoms. The number of urea groups is 1. The van der Waals surface area contributed by atoms with Crippen molar-refractivity contribution < 1.29 is 4.79 Å². The number of thioether (sulfide) groups is 1. The lowest BCUT2D eigenvalue weighted by Crippen LogP contribution is -2.20. The topological polar surface area (TPSA) is 93.6 Å². The van der Waals surface area contributed by atoms with Crippen molar-refractivity contribution in [1.29, 1.82) is 5.26 Å². The third kappa shape index (κ3) is 4.53. The molecule has 3 N–H and O–H groups in total. The molecule has 1 aromatic heterocycles. The molecular formula is C15H17N5OS. The van der Waals surface area contributed by atoms with Gasteiger partial charge in [-0.2, -0.15) is 10.4 Å². The molecule has 0 saturated heterocycles. The molecule has 6 nitrogen and oxygen atoms in total. The van der Waals surface area contributed by atoms with Crippen LogP contribution in [0.1, 0.15) is 19.0 Å². The molecule has 7 heteroatoms. The molecule has 0 bridgehead atoms. The Hall–Kier alpha value is -2.46. The van der Waals surface area contributed by atoms with E-state index in [0.29, 0.717) is 17.9 Å². The quantitative estimate of drug-likeness (QED) is 0.732. The summed E-state index contributed by atoms with van der Waals surface area (Å²) in [6, 6.07) is 11.1. The average Bonchev–Trinajstić information content (AvgIpc) is 2.86. The molecule has 22 heavy (non-hydrogen) atoms. The van der Waals surface area contributed by atoms with E-state index in [1.807, 2.05) is 38.1 Å². The van der Waals surface area contributed by atoms with E-state index in [0.717, 1.165) is 10.6 Å². The van der Waals surface area contributed by atoms with Crippen molar-refractivity contribution in [2.75, 3.05) is 10.6 Å². The van der Waals surface area contributed by atoms with Gasteiger partial charge in [-0.15, -0.1) is 11.8 Å². The lowest BCUT2D eigenvalue weighted by molar-refractivity contribution is 0.262. The fourth-order valence-electron chi connectivity index (χ4n) is 1.81. The van der Waals surface area contributed by atoms with Crippen molar-refractivity contribution in [3.63, 3.8) is 0 Å². The van der Waals surface area contributed by atoms with E-state index < -0.39 is 0 Å². The lowest BCUT2D eigenvalue weighted by atomic mass is 10.3. The molecule has 0 unspecified atom stereocenters. The number of aromatic nitrogens is 2. The van der Waals surface area contributed by atoms with Crippen LogP contribution < -0.4 is 10.6 Å². The molecular weight excluding hydrogens is 298 g/mol. The summed E-state index contributed by atoms with van der Waals surface area (Å²) in [6.45, 7) is 3.84. The van der Waals surface area contributed by atoms with Crippen LogP contribution in [0.2, 0.25) is 0 Å². The van der Waals surface area contributed by atoms with E-state index in [1.165, 1.54) is 0 Å². The number of hydrogen-bond acceptors (Lipinski definition) is 4. The fraction of sp³-hybridized carbons (Fsp3) is 0.267. The summed E-state index contributed by atoms with van der Waals surface area (Å²) in [4.78, 5) is 12.9. The van der Waals surface area contributed by atoms with Crippen molar-refractivity contribution in [3.05, 3.63) is 36.0 Å². The van der Waals surface area contributed by atoms with E-state index in [1.54, 1.807) is 17.8 Å². The highest BCUT2D eigenvalue weighted by molar-refractivity contribution is 8.00. The smallest absolute Gasteiger partial charge is 0.307 e. The summed E-state index contributed by atoms with van der Waals surface area (Å²) >= 11 is 1.56. The van der Waals surface area contributed by atoms with Crippen LogP contribution in [0.25, 0.3) is 0 Å². The van der Waals surface area contributed by atoms with Gasteiger partial charge in [0.1, 0.15) is 0 Å². The number of carbonyl (C=O) groups is 1. The number of aromatic amines is 1. The van der Waals surface area contributed by atoms with E-state index in [-0.39, 0.29) is 11.3 Å². The predicted molar refractivity (Wildman–Crippen MR) is 88.0 cm³/mol. The second-order valence-electron chi connectivity index (χ2n) is 4.80. The van der Waals surface area contributed by atoms with Crippen molar-refractivity contribution in [2.45, 2.75) is 30.4 Å². The zero-order valence-electron chi connectivity index (χ0n) is 12.4. The summed E-state index contributed by atoms with van der Waals surface area (Å²) < 4.78 is 0. The van der Waals surface area contributed by atoms with Crippen LogP contribution in [0.5, 0.6) is 0 Å². The number of benzene rings is 1. The number of nitriles is 1. The Morgan fingerprint density at radius 1 is 1.45 bits per heavy atom. The third-order valence-electron chi connectivity index (χ3n) is 2.79. The van der Waals surface area contributed by atoms with Gasteiger partial charge in [-0.1, -0.05) is 19.1 Å². The van der Waals surface area contributed by atoms with Crippen LogP contribution in [0.15, 0.2) is 35.2 Å². The zero-order chi connectivity index (χ0) is 15.9. The van der Waals surface area contributed by atoms with E-state index in [2.05, 4.69) is 26.9 Å². The first-order valence-corrected chi connectivity index (χ1v) is 7.69. The SMILES string of the molecule is Cc1cc(NC(=O)Nc2ccccc2S[C@@H](C)CC#N)n[nH]1. The van der Waals surface area contributed by atoms with Crippen molar-refractivity contribution in [3.8, 4) is 6.07 Å². The number of hydrogen-bond donors (Lipinski definition) is 3. The monoisotopic (exact) mass is 315 g/mol. The number of nitrogens with zero attached hydrogens (tertiary/aromatic N) is 2. The largest absolute Gasteiger partial charge is 0.324 e. The van der Waals surface area contributed by atoms with Crippen molar-refractivity contribution in [1.82, 2.24) is 10.2 Å². The molecule has 0 aliphatic carbocycles. The van der Waals surface area contributed by atoms with Crippen LogP contribution in [0, 0.1) is 18.3 Å². The van der Waals surface area contributed by atoms with Gasteiger partial charge < -0.3 is 5.32 Å². The minimum atomic E-state index is -0.354. The molecule has 0 fully saturated rings. The van der Waals surface area contributed by atoms with Gasteiger partial charge in [-0.25, -0.2) is 4.79 Å². The van der Waals surface area contributed by atoms with Crippen LogP contribution in [0.4, 0.5) is 16.3 Å². The van der Waals surface area contributed by atoms with Gasteiger partial charge in [0.25, 0.3) is 0 Å². The molecule has 0 aliphatic rings. The maximum absolute atomic E-state index is 12.0. The summed E-state index contributed by atoms with van der Waals surface area (Å²) in [5.74, 6) is 0.470. The fourth-order valence-corrected chi connectivity index (χ4v) is 2.81. The second kappa shape index (κ2) is 7.52. The first-order valence-electron chi connectivity index (χ1n) is 6.81. The Morgan fingerprint density at radius 2 is 2.23 bits per heavy atom. The number of anilines is 2. The minimum absolute atomic E-state index is 0.157. The molecule has 0 saturated carbocycles. The highest BCUT2D eigenvalue weighted by Crippen LogP contribution is 2.31. The van der Waals surface area contributed by atoms with Gasteiger partial charge in [-0.3, -0.25) is 10.4 Å². The van der Waals surface area contributed by atoms with E-state index >= 15 is 0 Å². The molecule has 1 heterocycles. The molecule has 2 aromatic rings. The number of aryl methyl sites for hydroxylation is 1. The molecule has 2 rings (SSSR count). The van der Waals surface area contributed by atoms with Crippen LogP contribution in [-0.2, 0) is 0 Å². The summed E-state index contributed by atoms with van der Waals surface area (Å²) in [5.41, 5.74) is 1.58. The molecule has 1 aromatic carbocycles. The highest BCUT2D eigenvalue weighted by Gasteiger charge is 2.11. The van der Waals surface area contributed by atoms with Crippen molar-refractivity contribution >= 4 is 29.3 Å². The van der Waals surface area contributed by atoms with Gasteiger partial charge in [0.15, 0.2) is 5.82 Å². The van der Waals surface area contributed by atoms with E-state index in [4.69, 9.17) is 5.26 Å². The van der Waals surface area contributed by atoms with Crippen LogP contribution >= 0.6 is 11.8 Å². The minimum Gasteiger partial charge on any atom is -0.307 e. The number of rotatable bonds is 5. The number of carbonyl (C=O) groups excluding carboxylic acids is 1. The van der Waals surface area contributed by atoms with Gasteiger partial charge in [0, 0.05) is 28.3 Å². The first-order chi connectivity index (χ1) is 10.6. The summed E-state index contributed by atoms with van der Waals surface area (Å²) in [7, 11) is 0. The van der Waals surface area contributed by atoms with Crippen LogP contribution in [0.3, 0.4) is 0 Å².